The topological polar surface area (TPSA) is 20.3 Å². The van der Waals surface area contributed by atoms with Crippen molar-refractivity contribution in [3.05, 3.63) is 29.3 Å². The van der Waals surface area contributed by atoms with Crippen molar-refractivity contribution in [1.82, 2.24) is 0 Å². The van der Waals surface area contributed by atoms with Gasteiger partial charge in [0.15, 0.2) is 0 Å². The number of carbonyl (C=O) groups excluding carboxylic acids is 1. The van der Waals surface area contributed by atoms with Gasteiger partial charge in [-0.25, -0.2) is 0 Å². The van der Waals surface area contributed by atoms with Crippen LogP contribution in [0.15, 0.2) is 18.2 Å². The van der Waals surface area contributed by atoms with Crippen LogP contribution < -0.4 is 4.90 Å². The molecule has 0 amide bonds. The van der Waals surface area contributed by atoms with Gasteiger partial charge in [0.05, 0.1) is 5.56 Å². The molecule has 0 bridgehead atoms. The van der Waals surface area contributed by atoms with Crippen LogP contribution in [0.5, 0.6) is 0 Å². The molecule has 1 atom stereocenters. The Morgan fingerprint density at radius 2 is 2.11 bits per heavy atom. The molecule has 1 aliphatic rings. The summed E-state index contributed by atoms with van der Waals surface area (Å²) in [6.45, 7) is 4.78. The fraction of sp³-hybridized carbons (Fsp3) is 0.500. The van der Waals surface area contributed by atoms with Crippen molar-refractivity contribution in [2.24, 2.45) is 0 Å². The van der Waals surface area contributed by atoms with Gasteiger partial charge >= 0.3 is 6.18 Å². The number of Topliss-reactive ketones (excluding diaryl/α,β-unsaturated/α-hetero) is 1. The third-order valence-electron chi connectivity index (χ3n) is 3.49. The number of nitrogens with zero attached hydrogens (tertiary/aromatic N) is 1. The first-order chi connectivity index (χ1) is 8.82. The minimum Gasteiger partial charge on any atom is -0.371 e. The molecule has 0 spiro atoms. The Morgan fingerprint density at radius 1 is 1.42 bits per heavy atom. The van der Waals surface area contributed by atoms with Gasteiger partial charge in [0, 0.05) is 31.1 Å². The number of halogens is 3. The summed E-state index contributed by atoms with van der Waals surface area (Å²) >= 11 is 0. The molecular formula is C14H16F3NO. The van der Waals surface area contributed by atoms with Crippen LogP contribution in [0.3, 0.4) is 0 Å². The third-order valence-corrected chi connectivity index (χ3v) is 3.49. The van der Waals surface area contributed by atoms with E-state index in [1.54, 1.807) is 0 Å². The Bertz CT molecular complexity index is 496. The molecule has 0 saturated carbocycles. The van der Waals surface area contributed by atoms with E-state index in [9.17, 15) is 18.0 Å². The lowest BCUT2D eigenvalue weighted by molar-refractivity contribution is -0.137. The van der Waals surface area contributed by atoms with Gasteiger partial charge in [-0.1, -0.05) is 0 Å². The quantitative estimate of drug-likeness (QED) is 0.837. The number of carbonyl (C=O) groups is 1. The minimum atomic E-state index is -4.34. The van der Waals surface area contributed by atoms with Gasteiger partial charge in [-0.05, 0) is 37.6 Å². The number of benzene rings is 1. The maximum atomic E-state index is 12.7. The molecule has 1 unspecified atom stereocenters. The molecule has 0 saturated heterocycles. The number of ketones is 1. The summed E-state index contributed by atoms with van der Waals surface area (Å²) < 4.78 is 38.2. The lowest BCUT2D eigenvalue weighted by atomic mass is 9.94. The van der Waals surface area contributed by atoms with E-state index in [-0.39, 0.29) is 11.7 Å². The van der Waals surface area contributed by atoms with Crippen molar-refractivity contribution in [1.29, 1.82) is 0 Å². The van der Waals surface area contributed by atoms with Crippen LogP contribution in [0.4, 0.5) is 18.9 Å². The second kappa shape index (κ2) is 4.87. The molecule has 2 nitrogen and oxygen atoms in total. The van der Waals surface area contributed by atoms with Gasteiger partial charge in [0.2, 0.25) is 0 Å². The SMILES string of the molecule is CCN1CC(CC(C)=O)c2cc(C(F)(F)F)ccc21. The highest BCUT2D eigenvalue weighted by Crippen LogP contribution is 2.41. The van der Waals surface area contributed by atoms with Crippen LogP contribution in [-0.4, -0.2) is 18.9 Å². The average Bonchev–Trinajstić information content (AvgIpc) is 2.65. The van der Waals surface area contributed by atoms with Crippen LogP contribution >= 0.6 is 0 Å². The van der Waals surface area contributed by atoms with E-state index in [1.807, 2.05) is 11.8 Å². The first-order valence-corrected chi connectivity index (χ1v) is 6.28. The fourth-order valence-electron chi connectivity index (χ4n) is 2.63. The normalized spacial score (nSPS) is 18.6. The maximum absolute atomic E-state index is 12.7. The second-order valence-electron chi connectivity index (χ2n) is 4.91. The maximum Gasteiger partial charge on any atom is 0.416 e. The number of rotatable bonds is 3. The van der Waals surface area contributed by atoms with Crippen LogP contribution in [0.25, 0.3) is 0 Å². The van der Waals surface area contributed by atoms with Gasteiger partial charge in [0.1, 0.15) is 5.78 Å². The summed E-state index contributed by atoms with van der Waals surface area (Å²) in [4.78, 5) is 13.3. The zero-order valence-corrected chi connectivity index (χ0v) is 10.9. The van der Waals surface area contributed by atoms with E-state index in [2.05, 4.69) is 0 Å². The van der Waals surface area contributed by atoms with Crippen LogP contribution in [0.2, 0.25) is 0 Å². The van der Waals surface area contributed by atoms with E-state index in [0.29, 0.717) is 18.5 Å². The lowest BCUT2D eigenvalue weighted by Gasteiger charge is -2.17. The summed E-state index contributed by atoms with van der Waals surface area (Å²) in [6.07, 6.45) is -4.04. The summed E-state index contributed by atoms with van der Waals surface area (Å²) in [7, 11) is 0. The Labute approximate surface area is 110 Å². The largest absolute Gasteiger partial charge is 0.416 e. The molecule has 0 radical (unpaired) electrons. The highest BCUT2D eigenvalue weighted by atomic mass is 19.4. The Kier molecular flexibility index (Phi) is 3.56. The van der Waals surface area contributed by atoms with Gasteiger partial charge < -0.3 is 9.69 Å². The van der Waals surface area contributed by atoms with Gasteiger partial charge in [-0.2, -0.15) is 13.2 Å². The Morgan fingerprint density at radius 3 is 2.63 bits per heavy atom. The Balaban J connectivity index is 2.41. The number of alkyl halides is 3. The van der Waals surface area contributed by atoms with Crippen molar-refractivity contribution < 1.29 is 18.0 Å². The molecule has 1 aliphatic heterocycles. The van der Waals surface area contributed by atoms with Crippen molar-refractivity contribution in [3.63, 3.8) is 0 Å². The van der Waals surface area contributed by atoms with Gasteiger partial charge in [-0.15, -0.1) is 0 Å². The van der Waals surface area contributed by atoms with Crippen molar-refractivity contribution in [3.8, 4) is 0 Å². The zero-order valence-electron chi connectivity index (χ0n) is 10.9. The standard InChI is InChI=1S/C14H16F3NO/c1-3-18-8-10(6-9(2)19)12-7-11(14(15,16)17)4-5-13(12)18/h4-5,7,10H,3,6,8H2,1-2H3. The molecule has 1 aromatic carbocycles. The lowest BCUT2D eigenvalue weighted by Crippen LogP contribution is -2.21. The van der Waals surface area contributed by atoms with Gasteiger partial charge in [0.25, 0.3) is 0 Å². The van der Waals surface area contributed by atoms with Crippen LogP contribution in [0.1, 0.15) is 37.3 Å². The van der Waals surface area contributed by atoms with Crippen LogP contribution in [0, 0.1) is 0 Å². The number of fused-ring (bicyclic) bond motifs is 1. The molecule has 0 aromatic heterocycles. The average molecular weight is 271 g/mol. The summed E-state index contributed by atoms with van der Waals surface area (Å²) in [5.41, 5.74) is 0.825. The molecule has 0 fully saturated rings. The molecule has 2 rings (SSSR count). The number of hydrogen-bond donors (Lipinski definition) is 0. The first-order valence-electron chi connectivity index (χ1n) is 6.28. The van der Waals surface area contributed by atoms with E-state index in [0.717, 1.165) is 18.3 Å². The van der Waals surface area contributed by atoms with E-state index in [1.165, 1.54) is 19.1 Å². The minimum absolute atomic E-state index is 0.00585. The van der Waals surface area contributed by atoms with Crippen molar-refractivity contribution >= 4 is 11.5 Å². The fourth-order valence-corrected chi connectivity index (χ4v) is 2.63. The molecule has 19 heavy (non-hydrogen) atoms. The van der Waals surface area contributed by atoms with E-state index < -0.39 is 11.7 Å². The molecule has 104 valence electrons. The molecule has 5 heteroatoms. The number of likely N-dealkylation sites (N-methyl/N-ethyl adjacent to an activating group) is 1. The summed E-state index contributed by atoms with van der Waals surface area (Å²) in [5, 5.41) is 0. The highest BCUT2D eigenvalue weighted by Gasteiger charge is 2.35. The number of hydrogen-bond acceptors (Lipinski definition) is 2. The number of anilines is 1. The second-order valence-corrected chi connectivity index (χ2v) is 4.91. The van der Waals surface area contributed by atoms with Gasteiger partial charge in [-0.3, -0.25) is 0 Å². The van der Waals surface area contributed by atoms with Crippen molar-refractivity contribution in [2.75, 3.05) is 18.0 Å². The summed E-state index contributed by atoms with van der Waals surface area (Å²) in [5.74, 6) is -0.124. The smallest absolute Gasteiger partial charge is 0.371 e. The van der Waals surface area contributed by atoms with Crippen molar-refractivity contribution in [2.45, 2.75) is 32.4 Å². The Hall–Kier alpha value is -1.52. The van der Waals surface area contributed by atoms with E-state index in [4.69, 9.17) is 0 Å². The monoisotopic (exact) mass is 271 g/mol. The highest BCUT2D eigenvalue weighted by molar-refractivity contribution is 5.78. The van der Waals surface area contributed by atoms with Crippen LogP contribution in [-0.2, 0) is 11.0 Å². The predicted molar refractivity (Wildman–Crippen MR) is 67.4 cm³/mol. The molecule has 1 heterocycles. The predicted octanol–water partition coefficient (Wildman–Crippen LogP) is 3.61. The zero-order chi connectivity index (χ0) is 14.2. The molecule has 0 aliphatic carbocycles. The van der Waals surface area contributed by atoms with E-state index >= 15 is 0 Å². The summed E-state index contributed by atoms with van der Waals surface area (Å²) in [6, 6.07) is 3.82. The first kappa shape index (κ1) is 13.9. The molecule has 0 N–H and O–H groups in total. The molecule has 1 aromatic rings. The molecular weight excluding hydrogens is 255 g/mol. The third kappa shape index (κ3) is 2.74.